The molecule has 0 atom stereocenters. The average molecular weight is 287 g/mol. The van der Waals surface area contributed by atoms with Crippen molar-refractivity contribution in [1.82, 2.24) is 14.9 Å². The van der Waals surface area contributed by atoms with Gasteiger partial charge >= 0.3 is 0 Å². The molecule has 0 saturated heterocycles. The topological polar surface area (TPSA) is 39.1 Å². The van der Waals surface area contributed by atoms with Crippen molar-refractivity contribution in [3.8, 4) is 11.4 Å². The monoisotopic (exact) mass is 287 g/mol. The van der Waals surface area contributed by atoms with Crippen LogP contribution in [-0.2, 0) is 11.3 Å². The fraction of sp³-hybridized carbons (Fsp3) is 0.471. The number of hydrogen-bond acceptors (Lipinski definition) is 3. The minimum Gasteiger partial charge on any atom is -0.380 e. The molecule has 0 fully saturated rings. The maximum absolute atomic E-state index is 5.52. The van der Waals surface area contributed by atoms with Gasteiger partial charge in [0.15, 0.2) is 0 Å². The van der Waals surface area contributed by atoms with E-state index in [1.54, 1.807) is 0 Å². The van der Waals surface area contributed by atoms with Gasteiger partial charge in [-0.25, -0.2) is 4.98 Å². The number of benzene rings is 1. The molecule has 1 aromatic carbocycles. The fourth-order valence-corrected chi connectivity index (χ4v) is 2.15. The Morgan fingerprint density at radius 2 is 2.00 bits per heavy atom. The van der Waals surface area contributed by atoms with Crippen molar-refractivity contribution in [2.45, 2.75) is 26.3 Å². The second-order valence-electron chi connectivity index (χ2n) is 5.03. The molecule has 0 aliphatic heterocycles. The second kappa shape index (κ2) is 9.32. The summed E-state index contributed by atoms with van der Waals surface area (Å²) in [6.45, 7) is 6.58. The lowest BCUT2D eigenvalue weighted by Gasteiger charge is -2.09. The largest absolute Gasteiger partial charge is 0.380 e. The second-order valence-corrected chi connectivity index (χ2v) is 5.03. The first kappa shape index (κ1) is 15.7. The smallest absolute Gasteiger partial charge is 0.139 e. The van der Waals surface area contributed by atoms with Crippen LogP contribution in [0.2, 0.25) is 0 Å². The van der Waals surface area contributed by atoms with Crippen LogP contribution in [0.4, 0.5) is 0 Å². The van der Waals surface area contributed by atoms with Crippen LogP contribution in [0.3, 0.4) is 0 Å². The Morgan fingerprint density at radius 1 is 1.14 bits per heavy atom. The van der Waals surface area contributed by atoms with Crippen molar-refractivity contribution in [2.24, 2.45) is 0 Å². The zero-order valence-corrected chi connectivity index (χ0v) is 12.8. The SMILES string of the molecule is CCCCOCCNCCn1ccnc1-c1ccccc1. The molecule has 0 saturated carbocycles. The molecule has 1 N–H and O–H groups in total. The van der Waals surface area contributed by atoms with Gasteiger partial charge in [-0.05, 0) is 6.42 Å². The summed E-state index contributed by atoms with van der Waals surface area (Å²) >= 11 is 0. The highest BCUT2D eigenvalue weighted by Crippen LogP contribution is 2.16. The van der Waals surface area contributed by atoms with Crippen LogP contribution in [0.1, 0.15) is 19.8 Å². The highest BCUT2D eigenvalue weighted by atomic mass is 16.5. The van der Waals surface area contributed by atoms with Gasteiger partial charge in [-0.15, -0.1) is 0 Å². The summed E-state index contributed by atoms with van der Waals surface area (Å²) in [7, 11) is 0. The third-order valence-electron chi connectivity index (χ3n) is 3.34. The van der Waals surface area contributed by atoms with Crippen LogP contribution in [0.25, 0.3) is 11.4 Å². The van der Waals surface area contributed by atoms with E-state index in [0.717, 1.165) is 50.7 Å². The van der Waals surface area contributed by atoms with Crippen LogP contribution in [-0.4, -0.2) is 35.9 Å². The molecule has 0 unspecified atom stereocenters. The van der Waals surface area contributed by atoms with Gasteiger partial charge in [-0.2, -0.15) is 0 Å². The Balaban J connectivity index is 1.69. The molecule has 0 amide bonds. The lowest BCUT2D eigenvalue weighted by molar-refractivity contribution is 0.133. The number of unbranched alkanes of at least 4 members (excludes halogenated alkanes) is 1. The molecule has 1 aromatic heterocycles. The van der Waals surface area contributed by atoms with E-state index in [2.05, 4.69) is 33.9 Å². The Hall–Kier alpha value is -1.65. The maximum atomic E-state index is 5.52. The van der Waals surface area contributed by atoms with Crippen LogP contribution in [0, 0.1) is 0 Å². The van der Waals surface area contributed by atoms with Crippen molar-refractivity contribution >= 4 is 0 Å². The predicted octanol–water partition coefficient (Wildman–Crippen LogP) is 2.96. The highest BCUT2D eigenvalue weighted by Gasteiger charge is 2.04. The van der Waals surface area contributed by atoms with Gasteiger partial charge in [0, 0.05) is 44.2 Å². The standard InChI is InChI=1S/C17H25N3O/c1-2-3-14-21-15-11-18-9-12-20-13-10-19-17(20)16-7-5-4-6-8-16/h4-8,10,13,18H,2-3,9,11-12,14-15H2,1H3. The van der Waals surface area contributed by atoms with Crippen molar-refractivity contribution in [1.29, 1.82) is 0 Å². The summed E-state index contributed by atoms with van der Waals surface area (Å²) in [4.78, 5) is 4.45. The van der Waals surface area contributed by atoms with Gasteiger partial charge < -0.3 is 14.6 Å². The molecule has 0 aliphatic carbocycles. The van der Waals surface area contributed by atoms with Crippen molar-refractivity contribution in [3.05, 3.63) is 42.7 Å². The quantitative estimate of drug-likeness (QED) is 0.683. The Morgan fingerprint density at radius 3 is 2.81 bits per heavy atom. The van der Waals surface area contributed by atoms with E-state index in [9.17, 15) is 0 Å². The Labute approximate surface area is 127 Å². The minimum absolute atomic E-state index is 0.787. The van der Waals surface area contributed by atoms with Crippen LogP contribution >= 0.6 is 0 Å². The number of hydrogen-bond donors (Lipinski definition) is 1. The van der Waals surface area contributed by atoms with Crippen molar-refractivity contribution in [2.75, 3.05) is 26.3 Å². The van der Waals surface area contributed by atoms with E-state index >= 15 is 0 Å². The summed E-state index contributed by atoms with van der Waals surface area (Å²) in [6.07, 6.45) is 6.23. The van der Waals surface area contributed by atoms with Crippen LogP contribution < -0.4 is 5.32 Å². The van der Waals surface area contributed by atoms with Gasteiger partial charge in [0.05, 0.1) is 6.61 Å². The first-order valence-corrected chi connectivity index (χ1v) is 7.77. The average Bonchev–Trinajstić information content (AvgIpc) is 2.99. The molecule has 114 valence electrons. The Bertz CT molecular complexity index is 496. The number of aromatic nitrogens is 2. The summed E-state index contributed by atoms with van der Waals surface area (Å²) in [5.41, 5.74) is 1.16. The predicted molar refractivity (Wildman–Crippen MR) is 86.3 cm³/mol. The number of nitrogens with one attached hydrogen (secondary N) is 1. The van der Waals surface area contributed by atoms with Gasteiger partial charge in [0.1, 0.15) is 5.82 Å². The minimum atomic E-state index is 0.787. The molecule has 4 heteroatoms. The zero-order valence-electron chi connectivity index (χ0n) is 12.8. The first-order valence-electron chi connectivity index (χ1n) is 7.77. The molecule has 1 heterocycles. The summed E-state index contributed by atoms with van der Waals surface area (Å²) in [6, 6.07) is 10.3. The zero-order chi connectivity index (χ0) is 14.8. The van der Waals surface area contributed by atoms with E-state index in [1.165, 1.54) is 6.42 Å². The van der Waals surface area contributed by atoms with Crippen LogP contribution in [0.15, 0.2) is 42.7 Å². The summed E-state index contributed by atoms with van der Waals surface area (Å²) in [5, 5.41) is 3.41. The molecule has 0 radical (unpaired) electrons. The first-order chi connectivity index (χ1) is 10.4. The van der Waals surface area contributed by atoms with E-state index in [-0.39, 0.29) is 0 Å². The molecule has 0 aliphatic rings. The summed E-state index contributed by atoms with van der Waals surface area (Å²) < 4.78 is 7.70. The lowest BCUT2D eigenvalue weighted by Crippen LogP contribution is -2.24. The number of ether oxygens (including phenoxy) is 1. The van der Waals surface area contributed by atoms with Crippen molar-refractivity contribution < 1.29 is 4.74 Å². The lowest BCUT2D eigenvalue weighted by atomic mass is 10.2. The van der Waals surface area contributed by atoms with Gasteiger partial charge in [0.2, 0.25) is 0 Å². The van der Waals surface area contributed by atoms with E-state index in [0.29, 0.717) is 0 Å². The fourth-order valence-electron chi connectivity index (χ4n) is 2.15. The van der Waals surface area contributed by atoms with Crippen molar-refractivity contribution in [3.63, 3.8) is 0 Å². The third kappa shape index (κ3) is 5.33. The van der Waals surface area contributed by atoms with Gasteiger partial charge in [0.25, 0.3) is 0 Å². The number of rotatable bonds is 10. The number of imidazole rings is 1. The highest BCUT2D eigenvalue weighted by molar-refractivity contribution is 5.55. The van der Waals surface area contributed by atoms with E-state index < -0.39 is 0 Å². The van der Waals surface area contributed by atoms with E-state index in [1.807, 2.05) is 30.6 Å². The molecular formula is C17H25N3O. The van der Waals surface area contributed by atoms with Crippen LogP contribution in [0.5, 0.6) is 0 Å². The molecule has 0 spiro atoms. The van der Waals surface area contributed by atoms with E-state index in [4.69, 9.17) is 4.74 Å². The maximum Gasteiger partial charge on any atom is 0.139 e. The molecule has 2 aromatic rings. The molecular weight excluding hydrogens is 262 g/mol. The Kier molecular flexibility index (Phi) is 6.98. The summed E-state index contributed by atoms with van der Waals surface area (Å²) in [5.74, 6) is 1.02. The molecule has 21 heavy (non-hydrogen) atoms. The molecule has 2 rings (SSSR count). The molecule has 4 nitrogen and oxygen atoms in total. The normalized spacial score (nSPS) is 10.9. The number of nitrogens with zero attached hydrogens (tertiary/aromatic N) is 2. The van der Waals surface area contributed by atoms with Gasteiger partial charge in [-0.1, -0.05) is 43.7 Å². The molecule has 0 bridgehead atoms. The third-order valence-corrected chi connectivity index (χ3v) is 3.34. The van der Waals surface area contributed by atoms with Gasteiger partial charge in [-0.3, -0.25) is 0 Å².